The summed E-state index contributed by atoms with van der Waals surface area (Å²) in [5.74, 6) is 1.68. The zero-order valence-electron chi connectivity index (χ0n) is 14.6. The Kier molecular flexibility index (Phi) is 3.88. The molecule has 4 heterocycles. The molecular formula is C16H18N6O3S. The molecule has 0 spiro atoms. The summed E-state index contributed by atoms with van der Waals surface area (Å²) in [4.78, 5) is 8.74. The highest BCUT2D eigenvalue weighted by Crippen LogP contribution is 2.33. The molecule has 0 saturated carbocycles. The second-order valence-corrected chi connectivity index (χ2v) is 8.20. The number of rotatable bonds is 4. The van der Waals surface area contributed by atoms with E-state index < -0.39 is 10.0 Å². The summed E-state index contributed by atoms with van der Waals surface area (Å²) in [5, 5.41) is 8.17. The zero-order chi connectivity index (χ0) is 18.5. The van der Waals surface area contributed by atoms with Crippen LogP contribution < -0.4 is 0 Å². The largest absolute Gasteiger partial charge is 0.360 e. The lowest BCUT2D eigenvalue weighted by Crippen LogP contribution is -2.49. The van der Waals surface area contributed by atoms with Gasteiger partial charge >= 0.3 is 0 Å². The molecule has 0 radical (unpaired) electrons. The number of nitrogens with zero attached hydrogens (tertiary/aromatic N) is 6. The summed E-state index contributed by atoms with van der Waals surface area (Å²) in [6.45, 7) is 3.95. The average Bonchev–Trinajstić information content (AvgIpc) is 3.10. The maximum atomic E-state index is 12.8. The Morgan fingerprint density at radius 2 is 1.88 bits per heavy atom. The second kappa shape index (κ2) is 5.99. The summed E-state index contributed by atoms with van der Waals surface area (Å²) < 4.78 is 33.7. The molecule has 10 heteroatoms. The van der Waals surface area contributed by atoms with Crippen LogP contribution >= 0.6 is 0 Å². The van der Waals surface area contributed by atoms with Gasteiger partial charge in [-0.3, -0.25) is 9.67 Å². The van der Waals surface area contributed by atoms with Crippen molar-refractivity contribution in [1.29, 1.82) is 0 Å². The average molecular weight is 374 g/mol. The summed E-state index contributed by atoms with van der Waals surface area (Å²) in [7, 11) is -1.79. The van der Waals surface area contributed by atoms with Crippen LogP contribution in [-0.2, 0) is 17.1 Å². The molecule has 0 unspecified atom stereocenters. The smallest absolute Gasteiger partial charge is 0.248 e. The van der Waals surface area contributed by atoms with Gasteiger partial charge in [-0.1, -0.05) is 5.16 Å². The third-order valence-electron chi connectivity index (χ3n) is 4.51. The quantitative estimate of drug-likeness (QED) is 0.677. The molecule has 0 aromatic carbocycles. The Morgan fingerprint density at radius 1 is 1.19 bits per heavy atom. The molecule has 26 heavy (non-hydrogen) atoms. The number of aromatic nitrogens is 5. The lowest BCUT2D eigenvalue weighted by Gasteiger charge is -2.37. The SMILES string of the molecule is Cc1noc(C)c1S(=O)(=O)N1CC(c2nc(-c3ccncc3)nn2C)C1. The molecule has 1 saturated heterocycles. The first-order valence-electron chi connectivity index (χ1n) is 8.12. The van der Waals surface area contributed by atoms with Gasteiger partial charge in [0.25, 0.3) is 0 Å². The predicted octanol–water partition coefficient (Wildman–Crippen LogP) is 1.27. The van der Waals surface area contributed by atoms with E-state index in [-0.39, 0.29) is 10.8 Å². The predicted molar refractivity (Wildman–Crippen MR) is 91.7 cm³/mol. The van der Waals surface area contributed by atoms with Crippen molar-refractivity contribution in [2.45, 2.75) is 24.7 Å². The van der Waals surface area contributed by atoms with Crippen molar-refractivity contribution in [1.82, 2.24) is 29.2 Å². The van der Waals surface area contributed by atoms with Crippen LogP contribution in [0.25, 0.3) is 11.4 Å². The van der Waals surface area contributed by atoms with Crippen LogP contribution in [0.2, 0.25) is 0 Å². The van der Waals surface area contributed by atoms with Crippen LogP contribution in [0.15, 0.2) is 33.9 Å². The van der Waals surface area contributed by atoms with Gasteiger partial charge in [-0.2, -0.15) is 9.40 Å². The molecule has 4 rings (SSSR count). The van der Waals surface area contributed by atoms with Gasteiger partial charge in [-0.05, 0) is 26.0 Å². The minimum Gasteiger partial charge on any atom is -0.360 e. The van der Waals surface area contributed by atoms with Gasteiger partial charge in [0.05, 0.1) is 0 Å². The standard InChI is InChI=1S/C16H18N6O3S/c1-10-14(11(2)25-20-10)26(23,24)22-8-13(9-22)16-18-15(19-21(16)3)12-4-6-17-7-5-12/h4-7,13H,8-9H2,1-3H3. The van der Waals surface area contributed by atoms with Crippen molar-refractivity contribution < 1.29 is 12.9 Å². The molecule has 0 atom stereocenters. The molecule has 9 nitrogen and oxygen atoms in total. The van der Waals surface area contributed by atoms with Crippen LogP contribution in [0, 0.1) is 13.8 Å². The van der Waals surface area contributed by atoms with E-state index in [9.17, 15) is 8.42 Å². The maximum Gasteiger partial charge on any atom is 0.248 e. The molecule has 0 amide bonds. The zero-order valence-corrected chi connectivity index (χ0v) is 15.4. The van der Waals surface area contributed by atoms with E-state index in [1.165, 1.54) is 4.31 Å². The van der Waals surface area contributed by atoms with Gasteiger partial charge in [0.15, 0.2) is 11.6 Å². The normalized spacial score (nSPS) is 16.0. The number of pyridine rings is 1. The highest BCUT2D eigenvalue weighted by molar-refractivity contribution is 7.89. The molecular weight excluding hydrogens is 356 g/mol. The van der Waals surface area contributed by atoms with Crippen LogP contribution in [0.4, 0.5) is 0 Å². The number of aryl methyl sites for hydroxylation is 3. The first-order chi connectivity index (χ1) is 12.4. The van der Waals surface area contributed by atoms with E-state index in [1.54, 1.807) is 30.9 Å². The maximum absolute atomic E-state index is 12.8. The summed E-state index contributed by atoms with van der Waals surface area (Å²) in [6, 6.07) is 3.68. The van der Waals surface area contributed by atoms with Crippen molar-refractivity contribution in [3.63, 3.8) is 0 Å². The molecule has 0 bridgehead atoms. The third-order valence-corrected chi connectivity index (χ3v) is 6.59. The molecule has 0 N–H and O–H groups in total. The molecule has 3 aromatic heterocycles. The van der Waals surface area contributed by atoms with Crippen LogP contribution in [0.5, 0.6) is 0 Å². The van der Waals surface area contributed by atoms with Crippen molar-refractivity contribution in [2.75, 3.05) is 13.1 Å². The van der Waals surface area contributed by atoms with E-state index in [0.29, 0.717) is 30.4 Å². The Balaban J connectivity index is 1.55. The molecule has 3 aromatic rings. The van der Waals surface area contributed by atoms with E-state index >= 15 is 0 Å². The van der Waals surface area contributed by atoms with Crippen molar-refractivity contribution in [3.8, 4) is 11.4 Å². The lowest BCUT2D eigenvalue weighted by molar-refractivity contribution is 0.251. The van der Waals surface area contributed by atoms with E-state index in [1.807, 2.05) is 19.2 Å². The Labute approximate surface area is 150 Å². The first kappa shape index (κ1) is 16.9. The van der Waals surface area contributed by atoms with Gasteiger partial charge < -0.3 is 4.52 Å². The molecule has 1 fully saturated rings. The van der Waals surface area contributed by atoms with Crippen LogP contribution in [-0.4, -0.2) is 50.7 Å². The summed E-state index contributed by atoms with van der Waals surface area (Å²) in [5.41, 5.74) is 1.26. The molecule has 0 aliphatic carbocycles. The van der Waals surface area contributed by atoms with Crippen molar-refractivity contribution >= 4 is 10.0 Å². The van der Waals surface area contributed by atoms with Gasteiger partial charge in [0.1, 0.15) is 16.4 Å². The topological polar surface area (TPSA) is 107 Å². The third kappa shape index (κ3) is 2.61. The lowest BCUT2D eigenvalue weighted by atomic mass is 10.0. The fourth-order valence-electron chi connectivity index (χ4n) is 3.14. The summed E-state index contributed by atoms with van der Waals surface area (Å²) >= 11 is 0. The van der Waals surface area contributed by atoms with E-state index in [2.05, 4.69) is 20.2 Å². The van der Waals surface area contributed by atoms with Crippen molar-refractivity contribution in [2.24, 2.45) is 7.05 Å². The highest BCUT2D eigenvalue weighted by Gasteiger charge is 2.42. The minimum atomic E-state index is -3.61. The fourth-order valence-corrected chi connectivity index (χ4v) is 4.97. The van der Waals surface area contributed by atoms with E-state index in [4.69, 9.17) is 4.52 Å². The van der Waals surface area contributed by atoms with E-state index in [0.717, 1.165) is 11.4 Å². The van der Waals surface area contributed by atoms with Gasteiger partial charge in [0, 0.05) is 44.0 Å². The Bertz CT molecular complexity index is 1030. The first-order valence-corrected chi connectivity index (χ1v) is 9.56. The highest BCUT2D eigenvalue weighted by atomic mass is 32.2. The van der Waals surface area contributed by atoms with Crippen LogP contribution in [0.3, 0.4) is 0 Å². The fraction of sp³-hybridized carbons (Fsp3) is 0.375. The number of sulfonamides is 1. The number of hydrogen-bond acceptors (Lipinski definition) is 7. The molecule has 1 aliphatic rings. The van der Waals surface area contributed by atoms with Crippen molar-refractivity contribution in [3.05, 3.63) is 41.8 Å². The summed E-state index contributed by atoms with van der Waals surface area (Å²) in [6.07, 6.45) is 3.37. The van der Waals surface area contributed by atoms with Gasteiger partial charge in [-0.25, -0.2) is 13.4 Å². The molecule has 1 aliphatic heterocycles. The monoisotopic (exact) mass is 374 g/mol. The number of hydrogen-bond donors (Lipinski definition) is 0. The Morgan fingerprint density at radius 3 is 2.50 bits per heavy atom. The molecule has 136 valence electrons. The Hall–Kier alpha value is -2.59. The minimum absolute atomic E-state index is 0.00154. The second-order valence-electron chi connectivity index (χ2n) is 6.33. The van der Waals surface area contributed by atoms with Gasteiger partial charge in [-0.15, -0.1) is 0 Å². The van der Waals surface area contributed by atoms with Crippen LogP contribution in [0.1, 0.15) is 23.2 Å². The van der Waals surface area contributed by atoms with Gasteiger partial charge in [0.2, 0.25) is 10.0 Å².